The van der Waals surface area contributed by atoms with E-state index in [-0.39, 0.29) is 5.91 Å². The Morgan fingerprint density at radius 2 is 2.24 bits per heavy atom. The molecule has 0 aromatic heterocycles. The predicted molar refractivity (Wildman–Crippen MR) is 70.1 cm³/mol. The minimum absolute atomic E-state index is 0.109. The van der Waals surface area contributed by atoms with Crippen molar-refractivity contribution in [3.05, 3.63) is 23.8 Å². The summed E-state index contributed by atoms with van der Waals surface area (Å²) in [6, 6.07) is 5.37. The molecule has 1 amide bonds. The molecule has 4 heteroatoms. The summed E-state index contributed by atoms with van der Waals surface area (Å²) in [7, 11) is 1.61. The quantitative estimate of drug-likeness (QED) is 0.695. The minimum atomic E-state index is -0.109. The number of carbonyl (C=O) groups excluding carboxylic acids is 1. The lowest BCUT2D eigenvalue weighted by atomic mass is 9.85. The van der Waals surface area contributed by atoms with Crippen molar-refractivity contribution in [1.82, 2.24) is 5.32 Å². The van der Waals surface area contributed by atoms with Crippen molar-refractivity contribution in [2.45, 2.75) is 19.3 Å². The highest BCUT2D eigenvalue weighted by Crippen LogP contribution is 2.27. The molecule has 0 saturated heterocycles. The molecule has 0 heterocycles. The molecular formula is C13H19N3O. The zero-order valence-electron chi connectivity index (χ0n) is 10.1. The molecule has 2 rings (SSSR count). The first-order valence-electron chi connectivity index (χ1n) is 6.06. The highest BCUT2D eigenvalue weighted by atomic mass is 16.1. The summed E-state index contributed by atoms with van der Waals surface area (Å²) in [5.74, 6) is 0.676. The first-order valence-corrected chi connectivity index (χ1v) is 6.06. The Morgan fingerprint density at radius 1 is 1.47 bits per heavy atom. The Labute approximate surface area is 102 Å². The average molecular weight is 233 g/mol. The van der Waals surface area contributed by atoms with Gasteiger partial charge in [-0.1, -0.05) is 6.42 Å². The number of rotatable bonds is 4. The van der Waals surface area contributed by atoms with Crippen molar-refractivity contribution in [1.29, 1.82) is 0 Å². The smallest absolute Gasteiger partial charge is 0.251 e. The maximum Gasteiger partial charge on any atom is 0.251 e. The van der Waals surface area contributed by atoms with Gasteiger partial charge in [0.25, 0.3) is 5.91 Å². The number of carbonyl (C=O) groups is 1. The van der Waals surface area contributed by atoms with E-state index in [1.807, 2.05) is 6.07 Å². The lowest BCUT2D eigenvalue weighted by Gasteiger charge is -2.26. The Kier molecular flexibility index (Phi) is 3.52. The number of benzene rings is 1. The van der Waals surface area contributed by atoms with Crippen molar-refractivity contribution in [2.75, 3.05) is 24.6 Å². The molecule has 0 bridgehead atoms. The molecule has 1 aliphatic rings. The zero-order valence-corrected chi connectivity index (χ0v) is 10.1. The van der Waals surface area contributed by atoms with E-state index >= 15 is 0 Å². The number of hydrogen-bond acceptors (Lipinski definition) is 3. The first kappa shape index (κ1) is 11.8. The third kappa shape index (κ3) is 2.70. The van der Waals surface area contributed by atoms with Crippen LogP contribution in [0.15, 0.2) is 18.2 Å². The fourth-order valence-corrected chi connectivity index (χ4v) is 1.96. The SMILES string of the molecule is CNC(=O)c1ccc(NCC2CCC2)c(N)c1. The van der Waals surface area contributed by atoms with Gasteiger partial charge >= 0.3 is 0 Å². The van der Waals surface area contributed by atoms with Gasteiger partial charge in [0.1, 0.15) is 0 Å². The first-order chi connectivity index (χ1) is 8.20. The number of hydrogen-bond donors (Lipinski definition) is 3. The second kappa shape index (κ2) is 5.08. The highest BCUT2D eigenvalue weighted by Gasteiger charge is 2.17. The lowest BCUT2D eigenvalue weighted by molar-refractivity contribution is 0.0963. The molecule has 4 N–H and O–H groups in total. The molecule has 17 heavy (non-hydrogen) atoms. The predicted octanol–water partition coefficient (Wildman–Crippen LogP) is 1.84. The van der Waals surface area contributed by atoms with Crippen LogP contribution in [0.3, 0.4) is 0 Å². The molecule has 0 aliphatic heterocycles. The number of nitrogen functional groups attached to an aromatic ring is 1. The molecular weight excluding hydrogens is 214 g/mol. The van der Waals surface area contributed by atoms with E-state index < -0.39 is 0 Å². The molecule has 0 atom stereocenters. The molecule has 0 spiro atoms. The Hall–Kier alpha value is -1.71. The van der Waals surface area contributed by atoms with E-state index in [0.29, 0.717) is 11.3 Å². The van der Waals surface area contributed by atoms with Crippen LogP contribution >= 0.6 is 0 Å². The van der Waals surface area contributed by atoms with Crippen LogP contribution in [0.5, 0.6) is 0 Å². The monoisotopic (exact) mass is 233 g/mol. The molecule has 1 aromatic rings. The normalized spacial score (nSPS) is 15.1. The van der Waals surface area contributed by atoms with Gasteiger partial charge in [-0.05, 0) is 37.0 Å². The molecule has 92 valence electrons. The van der Waals surface area contributed by atoms with Gasteiger partial charge in [0, 0.05) is 19.2 Å². The average Bonchev–Trinajstić information content (AvgIpc) is 2.28. The molecule has 1 fully saturated rings. The van der Waals surface area contributed by atoms with E-state index in [9.17, 15) is 4.79 Å². The summed E-state index contributed by atoms with van der Waals surface area (Å²) in [6.07, 6.45) is 3.96. The lowest BCUT2D eigenvalue weighted by Crippen LogP contribution is -2.21. The van der Waals surface area contributed by atoms with Gasteiger partial charge in [0.2, 0.25) is 0 Å². The number of anilines is 2. The zero-order chi connectivity index (χ0) is 12.3. The van der Waals surface area contributed by atoms with Gasteiger partial charge in [0.05, 0.1) is 11.4 Å². The summed E-state index contributed by atoms with van der Waals surface area (Å²) >= 11 is 0. The third-order valence-corrected chi connectivity index (χ3v) is 3.35. The summed E-state index contributed by atoms with van der Waals surface area (Å²) in [6.45, 7) is 0.976. The summed E-state index contributed by atoms with van der Waals surface area (Å²) in [5.41, 5.74) is 8.06. The van der Waals surface area contributed by atoms with Crippen molar-refractivity contribution < 1.29 is 4.79 Å². The van der Waals surface area contributed by atoms with Gasteiger partial charge in [0.15, 0.2) is 0 Å². The second-order valence-electron chi connectivity index (χ2n) is 4.56. The molecule has 0 unspecified atom stereocenters. The number of nitrogens with two attached hydrogens (primary N) is 1. The largest absolute Gasteiger partial charge is 0.397 e. The standard InChI is InChI=1S/C13H19N3O/c1-15-13(17)10-5-6-12(11(14)7-10)16-8-9-3-2-4-9/h5-7,9,16H,2-4,8,14H2,1H3,(H,15,17). The van der Waals surface area contributed by atoms with E-state index in [1.54, 1.807) is 19.2 Å². The van der Waals surface area contributed by atoms with Crippen LogP contribution < -0.4 is 16.4 Å². The van der Waals surface area contributed by atoms with Crippen molar-refractivity contribution >= 4 is 17.3 Å². The maximum atomic E-state index is 11.4. The summed E-state index contributed by atoms with van der Waals surface area (Å²) < 4.78 is 0. The fraction of sp³-hybridized carbons (Fsp3) is 0.462. The Bertz CT molecular complexity index is 413. The van der Waals surface area contributed by atoms with Gasteiger partial charge in [-0.25, -0.2) is 0 Å². The van der Waals surface area contributed by atoms with E-state index in [0.717, 1.165) is 18.2 Å². The molecule has 1 aromatic carbocycles. The van der Waals surface area contributed by atoms with E-state index in [2.05, 4.69) is 10.6 Å². The van der Waals surface area contributed by atoms with Crippen LogP contribution in [0.2, 0.25) is 0 Å². The van der Waals surface area contributed by atoms with Crippen LogP contribution in [0.25, 0.3) is 0 Å². The van der Waals surface area contributed by atoms with Gasteiger partial charge < -0.3 is 16.4 Å². The molecule has 1 aliphatic carbocycles. The number of amides is 1. The topological polar surface area (TPSA) is 67.2 Å². The van der Waals surface area contributed by atoms with Gasteiger partial charge in [-0.3, -0.25) is 4.79 Å². The Balaban J connectivity index is 2.00. The van der Waals surface area contributed by atoms with Crippen molar-refractivity contribution in [2.24, 2.45) is 5.92 Å². The van der Waals surface area contributed by atoms with Gasteiger partial charge in [-0.15, -0.1) is 0 Å². The van der Waals surface area contributed by atoms with Crippen LogP contribution in [0.4, 0.5) is 11.4 Å². The molecule has 4 nitrogen and oxygen atoms in total. The highest BCUT2D eigenvalue weighted by molar-refractivity contribution is 5.95. The van der Waals surface area contributed by atoms with E-state index in [1.165, 1.54) is 19.3 Å². The maximum absolute atomic E-state index is 11.4. The third-order valence-electron chi connectivity index (χ3n) is 3.35. The molecule has 1 saturated carbocycles. The van der Waals surface area contributed by atoms with Crippen molar-refractivity contribution in [3.8, 4) is 0 Å². The van der Waals surface area contributed by atoms with Crippen LogP contribution in [0, 0.1) is 5.92 Å². The van der Waals surface area contributed by atoms with Gasteiger partial charge in [-0.2, -0.15) is 0 Å². The minimum Gasteiger partial charge on any atom is -0.397 e. The van der Waals surface area contributed by atoms with Crippen molar-refractivity contribution in [3.63, 3.8) is 0 Å². The summed E-state index contributed by atoms with van der Waals surface area (Å²) in [4.78, 5) is 11.4. The van der Waals surface area contributed by atoms with Crippen LogP contribution in [0.1, 0.15) is 29.6 Å². The number of nitrogens with one attached hydrogen (secondary N) is 2. The Morgan fingerprint density at radius 3 is 2.76 bits per heavy atom. The van der Waals surface area contributed by atoms with Crippen LogP contribution in [-0.4, -0.2) is 19.5 Å². The van der Waals surface area contributed by atoms with E-state index in [4.69, 9.17) is 5.73 Å². The van der Waals surface area contributed by atoms with Crippen LogP contribution in [-0.2, 0) is 0 Å². The fourth-order valence-electron chi connectivity index (χ4n) is 1.96. The second-order valence-corrected chi connectivity index (χ2v) is 4.56. The molecule has 0 radical (unpaired) electrons. The summed E-state index contributed by atoms with van der Waals surface area (Å²) in [5, 5.41) is 5.92.